The van der Waals surface area contributed by atoms with Gasteiger partial charge in [-0.2, -0.15) is 0 Å². The highest BCUT2D eigenvalue weighted by Gasteiger charge is 2.24. The standard InChI is InChI=1S/C15H21NO2/c1-12-6-3-4-9-16(12)15(17)14-8-5-7-13(10-14)11-18-2/h5,7-8,10,12H,3-4,6,9,11H2,1-2H3. The lowest BCUT2D eigenvalue weighted by molar-refractivity contribution is 0.0635. The quantitative estimate of drug-likeness (QED) is 0.822. The number of carbonyl (C=O) groups excluding carboxylic acids is 1. The van der Waals surface area contributed by atoms with Crippen LogP contribution in [0.2, 0.25) is 0 Å². The molecule has 2 rings (SSSR count). The molecule has 0 aliphatic carbocycles. The van der Waals surface area contributed by atoms with Crippen molar-refractivity contribution in [2.24, 2.45) is 0 Å². The Bertz CT molecular complexity index is 417. The van der Waals surface area contributed by atoms with Gasteiger partial charge in [0.15, 0.2) is 0 Å². The smallest absolute Gasteiger partial charge is 0.254 e. The van der Waals surface area contributed by atoms with Gasteiger partial charge in [-0.25, -0.2) is 0 Å². The van der Waals surface area contributed by atoms with Crippen molar-refractivity contribution in [3.63, 3.8) is 0 Å². The zero-order valence-corrected chi connectivity index (χ0v) is 11.2. The summed E-state index contributed by atoms with van der Waals surface area (Å²) in [5.74, 6) is 0.153. The van der Waals surface area contributed by atoms with Crippen LogP contribution >= 0.6 is 0 Å². The molecule has 3 nitrogen and oxygen atoms in total. The molecule has 0 bridgehead atoms. The molecule has 0 radical (unpaired) electrons. The summed E-state index contributed by atoms with van der Waals surface area (Å²) in [6.45, 7) is 3.57. The van der Waals surface area contributed by atoms with E-state index in [0.717, 1.165) is 30.5 Å². The van der Waals surface area contributed by atoms with E-state index in [2.05, 4.69) is 6.92 Å². The van der Waals surface area contributed by atoms with Gasteiger partial charge in [0.05, 0.1) is 6.61 Å². The summed E-state index contributed by atoms with van der Waals surface area (Å²) in [5, 5.41) is 0. The molecule has 1 aliphatic heterocycles. The maximum absolute atomic E-state index is 12.5. The van der Waals surface area contributed by atoms with E-state index in [1.165, 1.54) is 6.42 Å². The number of nitrogens with zero attached hydrogens (tertiary/aromatic N) is 1. The first kappa shape index (κ1) is 13.1. The lowest BCUT2D eigenvalue weighted by Gasteiger charge is -2.33. The Kier molecular flexibility index (Phi) is 4.37. The maximum atomic E-state index is 12.5. The molecule has 1 aromatic rings. The van der Waals surface area contributed by atoms with Crippen molar-refractivity contribution >= 4 is 5.91 Å². The molecule has 1 atom stereocenters. The third-order valence-corrected chi connectivity index (χ3v) is 3.55. The number of methoxy groups -OCH3 is 1. The van der Waals surface area contributed by atoms with Crippen LogP contribution in [0.3, 0.4) is 0 Å². The van der Waals surface area contributed by atoms with E-state index in [4.69, 9.17) is 4.74 Å². The van der Waals surface area contributed by atoms with Gasteiger partial charge >= 0.3 is 0 Å². The van der Waals surface area contributed by atoms with E-state index in [1.54, 1.807) is 7.11 Å². The number of piperidine rings is 1. The third kappa shape index (κ3) is 2.91. The lowest BCUT2D eigenvalue weighted by atomic mass is 10.0. The SMILES string of the molecule is COCc1cccc(C(=O)N2CCCCC2C)c1. The monoisotopic (exact) mass is 247 g/mol. The van der Waals surface area contributed by atoms with Crippen molar-refractivity contribution < 1.29 is 9.53 Å². The van der Waals surface area contributed by atoms with Crippen LogP contribution in [0.15, 0.2) is 24.3 Å². The lowest BCUT2D eigenvalue weighted by Crippen LogP contribution is -2.42. The summed E-state index contributed by atoms with van der Waals surface area (Å²) in [5.41, 5.74) is 1.83. The average Bonchev–Trinajstić information content (AvgIpc) is 2.39. The molecule has 0 saturated carbocycles. The van der Waals surface area contributed by atoms with E-state index in [-0.39, 0.29) is 5.91 Å². The Balaban J connectivity index is 2.14. The second kappa shape index (κ2) is 6.01. The Morgan fingerprint density at radius 2 is 2.28 bits per heavy atom. The molecule has 0 aromatic heterocycles. The van der Waals surface area contributed by atoms with Crippen LogP contribution in [0.1, 0.15) is 42.1 Å². The molecule has 98 valence electrons. The molecule has 3 heteroatoms. The normalized spacial score (nSPS) is 19.9. The van der Waals surface area contributed by atoms with Gasteiger partial charge in [0.2, 0.25) is 0 Å². The van der Waals surface area contributed by atoms with Gasteiger partial charge in [-0.3, -0.25) is 4.79 Å². The van der Waals surface area contributed by atoms with Gasteiger partial charge in [-0.1, -0.05) is 12.1 Å². The fourth-order valence-corrected chi connectivity index (χ4v) is 2.53. The molecule has 1 aromatic carbocycles. The van der Waals surface area contributed by atoms with Crippen LogP contribution in [0, 0.1) is 0 Å². The van der Waals surface area contributed by atoms with Gasteiger partial charge < -0.3 is 9.64 Å². The van der Waals surface area contributed by atoms with Crippen molar-refractivity contribution in [1.82, 2.24) is 4.90 Å². The second-order valence-corrected chi connectivity index (χ2v) is 4.98. The molecule has 1 saturated heterocycles. The van der Waals surface area contributed by atoms with E-state index >= 15 is 0 Å². The van der Waals surface area contributed by atoms with Crippen LogP contribution in [0.25, 0.3) is 0 Å². The second-order valence-electron chi connectivity index (χ2n) is 4.98. The highest BCUT2D eigenvalue weighted by atomic mass is 16.5. The van der Waals surface area contributed by atoms with Crippen molar-refractivity contribution in [2.45, 2.75) is 38.8 Å². The fourth-order valence-electron chi connectivity index (χ4n) is 2.53. The minimum Gasteiger partial charge on any atom is -0.380 e. The van der Waals surface area contributed by atoms with Gasteiger partial charge in [0.1, 0.15) is 0 Å². The van der Waals surface area contributed by atoms with E-state index < -0.39 is 0 Å². The van der Waals surface area contributed by atoms with Gasteiger partial charge in [0, 0.05) is 25.3 Å². The highest BCUT2D eigenvalue weighted by molar-refractivity contribution is 5.94. The molecule has 18 heavy (non-hydrogen) atoms. The van der Waals surface area contributed by atoms with Crippen LogP contribution < -0.4 is 0 Å². The summed E-state index contributed by atoms with van der Waals surface area (Å²) in [6.07, 6.45) is 3.46. The Labute approximate surface area is 109 Å². The number of rotatable bonds is 3. The zero-order chi connectivity index (χ0) is 13.0. The molecule has 1 amide bonds. The molecule has 1 heterocycles. The first-order valence-electron chi connectivity index (χ1n) is 6.61. The Morgan fingerprint density at radius 3 is 3.00 bits per heavy atom. The Hall–Kier alpha value is -1.35. The highest BCUT2D eigenvalue weighted by Crippen LogP contribution is 2.19. The number of benzene rings is 1. The summed E-state index contributed by atoms with van der Waals surface area (Å²) >= 11 is 0. The Morgan fingerprint density at radius 1 is 1.44 bits per heavy atom. The number of hydrogen-bond acceptors (Lipinski definition) is 2. The van der Waals surface area contributed by atoms with E-state index in [0.29, 0.717) is 12.6 Å². The van der Waals surface area contributed by atoms with Gasteiger partial charge in [-0.15, -0.1) is 0 Å². The van der Waals surface area contributed by atoms with Crippen molar-refractivity contribution in [3.8, 4) is 0 Å². The summed E-state index contributed by atoms with van der Waals surface area (Å²) in [4.78, 5) is 14.4. The number of ether oxygens (including phenoxy) is 1. The largest absolute Gasteiger partial charge is 0.380 e. The summed E-state index contributed by atoms with van der Waals surface area (Å²) in [7, 11) is 1.67. The molecular weight excluding hydrogens is 226 g/mol. The number of hydrogen-bond donors (Lipinski definition) is 0. The summed E-state index contributed by atoms with van der Waals surface area (Å²) < 4.78 is 5.10. The van der Waals surface area contributed by atoms with Crippen molar-refractivity contribution in [3.05, 3.63) is 35.4 Å². The molecule has 1 fully saturated rings. The van der Waals surface area contributed by atoms with Gasteiger partial charge in [0.25, 0.3) is 5.91 Å². The van der Waals surface area contributed by atoms with E-state index in [1.807, 2.05) is 29.2 Å². The fraction of sp³-hybridized carbons (Fsp3) is 0.533. The van der Waals surface area contributed by atoms with Crippen LogP contribution in [-0.2, 0) is 11.3 Å². The molecular formula is C15H21NO2. The number of likely N-dealkylation sites (tertiary alicyclic amines) is 1. The average molecular weight is 247 g/mol. The van der Waals surface area contributed by atoms with Crippen LogP contribution in [0.5, 0.6) is 0 Å². The first-order valence-corrected chi connectivity index (χ1v) is 6.61. The minimum atomic E-state index is 0.153. The topological polar surface area (TPSA) is 29.5 Å². The van der Waals surface area contributed by atoms with Crippen molar-refractivity contribution in [2.75, 3.05) is 13.7 Å². The van der Waals surface area contributed by atoms with Crippen molar-refractivity contribution in [1.29, 1.82) is 0 Å². The van der Waals surface area contributed by atoms with Crippen LogP contribution in [0.4, 0.5) is 0 Å². The minimum absolute atomic E-state index is 0.153. The number of amides is 1. The maximum Gasteiger partial charge on any atom is 0.254 e. The predicted molar refractivity (Wildman–Crippen MR) is 71.5 cm³/mol. The predicted octanol–water partition coefficient (Wildman–Crippen LogP) is 2.85. The zero-order valence-electron chi connectivity index (χ0n) is 11.2. The van der Waals surface area contributed by atoms with Crippen LogP contribution in [-0.4, -0.2) is 30.5 Å². The van der Waals surface area contributed by atoms with E-state index in [9.17, 15) is 4.79 Å². The number of carbonyl (C=O) groups is 1. The van der Waals surface area contributed by atoms with Gasteiger partial charge in [-0.05, 0) is 43.9 Å². The summed E-state index contributed by atoms with van der Waals surface area (Å²) in [6, 6.07) is 8.10. The first-order chi connectivity index (χ1) is 8.72. The molecule has 0 spiro atoms. The molecule has 0 N–H and O–H groups in total. The molecule has 1 aliphatic rings. The third-order valence-electron chi connectivity index (χ3n) is 3.55. The molecule has 1 unspecified atom stereocenters.